The molecule has 1 heterocycles. The Hall–Kier alpha value is -0.660. The summed E-state index contributed by atoms with van der Waals surface area (Å²) in [6, 6.07) is 0. The number of rotatable bonds is 4. The molecule has 0 aromatic heterocycles. The molecule has 2 heteroatoms. The Labute approximate surface area is 86.8 Å². The molecule has 2 nitrogen and oxygen atoms in total. The highest BCUT2D eigenvalue weighted by atomic mass is 16.1. The van der Waals surface area contributed by atoms with E-state index in [0.29, 0.717) is 11.7 Å². The maximum atomic E-state index is 12.0. The van der Waals surface area contributed by atoms with Gasteiger partial charge in [-0.15, -0.1) is 0 Å². The van der Waals surface area contributed by atoms with Gasteiger partial charge in [-0.25, -0.2) is 0 Å². The summed E-state index contributed by atoms with van der Waals surface area (Å²) in [5.41, 5.74) is 0.858. The van der Waals surface area contributed by atoms with Crippen molar-refractivity contribution in [2.75, 3.05) is 6.54 Å². The third-order valence-electron chi connectivity index (χ3n) is 2.99. The lowest BCUT2D eigenvalue weighted by Gasteiger charge is -2.20. The lowest BCUT2D eigenvalue weighted by molar-refractivity contribution is -0.117. The summed E-state index contributed by atoms with van der Waals surface area (Å²) in [4.78, 5) is 16.4. The van der Waals surface area contributed by atoms with E-state index in [1.165, 1.54) is 0 Å². The minimum atomic E-state index is 0.187. The quantitative estimate of drug-likeness (QED) is 0.678. The van der Waals surface area contributed by atoms with Gasteiger partial charge in [0.05, 0.1) is 5.71 Å². The fourth-order valence-electron chi connectivity index (χ4n) is 2.07. The molecular weight excluding hydrogens is 174 g/mol. The largest absolute Gasteiger partial charge is 0.293 e. The smallest absolute Gasteiger partial charge is 0.179 e. The maximum Gasteiger partial charge on any atom is 0.179 e. The minimum absolute atomic E-state index is 0.187. The van der Waals surface area contributed by atoms with Gasteiger partial charge in [-0.3, -0.25) is 9.79 Å². The van der Waals surface area contributed by atoms with Gasteiger partial charge in [0.25, 0.3) is 0 Å². The molecule has 0 saturated heterocycles. The molecule has 1 aliphatic heterocycles. The molecule has 0 N–H and O–H groups in total. The number of aliphatic imine (C=N–C) groups is 1. The Kier molecular flexibility index (Phi) is 4.30. The van der Waals surface area contributed by atoms with E-state index >= 15 is 0 Å². The zero-order valence-corrected chi connectivity index (χ0v) is 9.55. The van der Waals surface area contributed by atoms with Gasteiger partial charge < -0.3 is 0 Å². The van der Waals surface area contributed by atoms with Crippen LogP contribution in [0.3, 0.4) is 0 Å². The number of nitrogens with zero attached hydrogens (tertiary/aromatic N) is 1. The van der Waals surface area contributed by atoms with Crippen LogP contribution in [-0.4, -0.2) is 18.0 Å². The van der Waals surface area contributed by atoms with E-state index in [2.05, 4.69) is 25.8 Å². The van der Waals surface area contributed by atoms with E-state index in [0.717, 1.165) is 37.9 Å². The molecule has 0 radical (unpaired) electrons. The van der Waals surface area contributed by atoms with Crippen LogP contribution in [0.15, 0.2) is 4.99 Å². The van der Waals surface area contributed by atoms with Gasteiger partial charge in [0.2, 0.25) is 0 Å². The van der Waals surface area contributed by atoms with Crippen LogP contribution in [-0.2, 0) is 4.79 Å². The molecule has 80 valence electrons. The molecule has 0 spiro atoms. The second kappa shape index (κ2) is 5.28. The van der Waals surface area contributed by atoms with Crippen LogP contribution in [0.2, 0.25) is 0 Å². The number of Topliss-reactive ketones (excluding diaryl/α,β-unsaturated/α-hetero) is 1. The molecule has 0 fully saturated rings. The van der Waals surface area contributed by atoms with Crippen molar-refractivity contribution in [2.24, 2.45) is 16.8 Å². The van der Waals surface area contributed by atoms with Crippen molar-refractivity contribution in [2.45, 2.75) is 46.5 Å². The third-order valence-corrected chi connectivity index (χ3v) is 2.99. The highest BCUT2D eigenvalue weighted by molar-refractivity contribution is 6.40. The van der Waals surface area contributed by atoms with E-state index < -0.39 is 0 Å². The van der Waals surface area contributed by atoms with Crippen molar-refractivity contribution in [3.8, 4) is 0 Å². The highest BCUT2D eigenvalue weighted by Crippen LogP contribution is 2.19. The van der Waals surface area contributed by atoms with Crippen molar-refractivity contribution in [3.05, 3.63) is 0 Å². The molecule has 0 amide bonds. The lowest BCUT2D eigenvalue weighted by Crippen LogP contribution is -2.28. The Bertz CT molecular complexity index is 230. The van der Waals surface area contributed by atoms with Crippen molar-refractivity contribution in [1.29, 1.82) is 0 Å². The molecule has 0 aromatic rings. The van der Waals surface area contributed by atoms with Crippen molar-refractivity contribution >= 4 is 11.5 Å². The average molecular weight is 195 g/mol. The number of ketones is 1. The average Bonchev–Trinajstić information content (AvgIpc) is 2.19. The fraction of sp³-hybridized carbons (Fsp3) is 0.833. The molecule has 14 heavy (non-hydrogen) atoms. The van der Waals surface area contributed by atoms with E-state index in [1.54, 1.807) is 0 Å². The van der Waals surface area contributed by atoms with E-state index in [4.69, 9.17) is 0 Å². The summed E-state index contributed by atoms with van der Waals surface area (Å²) in [6.07, 6.45) is 4.13. The summed E-state index contributed by atoms with van der Waals surface area (Å²) < 4.78 is 0. The molecular formula is C12H21NO. The summed E-state index contributed by atoms with van der Waals surface area (Å²) in [6.45, 7) is 7.19. The Morgan fingerprint density at radius 1 is 1.43 bits per heavy atom. The molecule has 0 aromatic carbocycles. The number of hydrogen-bond acceptors (Lipinski definition) is 2. The SMILES string of the molecule is CCC(C(=O)C1=NCCCC1)C(C)C. The monoisotopic (exact) mass is 195 g/mol. The predicted molar refractivity (Wildman–Crippen MR) is 59.8 cm³/mol. The Morgan fingerprint density at radius 3 is 2.57 bits per heavy atom. The van der Waals surface area contributed by atoms with Gasteiger partial charge in [0.1, 0.15) is 0 Å². The summed E-state index contributed by atoms with van der Waals surface area (Å²) >= 11 is 0. The standard InChI is InChI=1S/C12H21NO/c1-4-10(9(2)3)12(14)11-7-5-6-8-13-11/h9-10H,4-8H2,1-3H3. The van der Waals surface area contributed by atoms with Crippen LogP contribution in [0, 0.1) is 11.8 Å². The van der Waals surface area contributed by atoms with Gasteiger partial charge in [0, 0.05) is 12.5 Å². The fourth-order valence-corrected chi connectivity index (χ4v) is 2.07. The van der Waals surface area contributed by atoms with Gasteiger partial charge in [-0.1, -0.05) is 20.8 Å². The first-order chi connectivity index (χ1) is 6.66. The van der Waals surface area contributed by atoms with E-state index in [1.807, 2.05) is 0 Å². The second-order valence-corrected chi connectivity index (χ2v) is 4.41. The topological polar surface area (TPSA) is 29.4 Å². The normalized spacial score (nSPS) is 19.3. The summed E-state index contributed by atoms with van der Waals surface area (Å²) in [5.74, 6) is 0.936. The number of hydrogen-bond donors (Lipinski definition) is 0. The van der Waals surface area contributed by atoms with Gasteiger partial charge in [-0.2, -0.15) is 0 Å². The summed E-state index contributed by atoms with van der Waals surface area (Å²) in [5, 5.41) is 0. The Morgan fingerprint density at radius 2 is 2.14 bits per heavy atom. The first-order valence-corrected chi connectivity index (χ1v) is 5.74. The Balaban J connectivity index is 2.66. The number of carbonyl (C=O) groups is 1. The van der Waals surface area contributed by atoms with Crippen LogP contribution < -0.4 is 0 Å². The van der Waals surface area contributed by atoms with Crippen LogP contribution in [0.4, 0.5) is 0 Å². The van der Waals surface area contributed by atoms with Gasteiger partial charge >= 0.3 is 0 Å². The molecule has 1 rings (SSSR count). The summed E-state index contributed by atoms with van der Waals surface area (Å²) in [7, 11) is 0. The molecule has 0 bridgehead atoms. The van der Waals surface area contributed by atoms with Crippen molar-refractivity contribution in [1.82, 2.24) is 0 Å². The predicted octanol–water partition coefficient (Wildman–Crippen LogP) is 2.86. The van der Waals surface area contributed by atoms with Crippen LogP contribution in [0.1, 0.15) is 46.5 Å². The molecule has 0 aliphatic carbocycles. The third kappa shape index (κ3) is 2.66. The second-order valence-electron chi connectivity index (χ2n) is 4.41. The zero-order valence-electron chi connectivity index (χ0n) is 9.55. The zero-order chi connectivity index (χ0) is 10.6. The van der Waals surface area contributed by atoms with Crippen LogP contribution in [0.25, 0.3) is 0 Å². The van der Waals surface area contributed by atoms with Crippen LogP contribution in [0.5, 0.6) is 0 Å². The van der Waals surface area contributed by atoms with E-state index in [9.17, 15) is 4.79 Å². The van der Waals surface area contributed by atoms with Gasteiger partial charge in [-0.05, 0) is 31.6 Å². The molecule has 1 aliphatic rings. The molecule has 1 atom stereocenters. The first-order valence-electron chi connectivity index (χ1n) is 5.74. The van der Waals surface area contributed by atoms with E-state index in [-0.39, 0.29) is 5.92 Å². The lowest BCUT2D eigenvalue weighted by atomic mass is 9.85. The first kappa shape index (κ1) is 11.4. The van der Waals surface area contributed by atoms with Gasteiger partial charge in [0.15, 0.2) is 5.78 Å². The van der Waals surface area contributed by atoms with Crippen LogP contribution >= 0.6 is 0 Å². The molecule has 0 saturated carbocycles. The maximum absolute atomic E-state index is 12.0. The van der Waals surface area contributed by atoms with Crippen molar-refractivity contribution in [3.63, 3.8) is 0 Å². The molecule has 1 unspecified atom stereocenters. The highest BCUT2D eigenvalue weighted by Gasteiger charge is 2.24. The minimum Gasteiger partial charge on any atom is -0.293 e. The number of carbonyl (C=O) groups excluding carboxylic acids is 1. The van der Waals surface area contributed by atoms with Crippen molar-refractivity contribution < 1.29 is 4.79 Å².